The summed E-state index contributed by atoms with van der Waals surface area (Å²) in [4.78, 5) is 7.89. The van der Waals surface area contributed by atoms with Crippen LogP contribution in [0.4, 0.5) is 22.7 Å². The predicted molar refractivity (Wildman–Crippen MR) is 111 cm³/mol. The summed E-state index contributed by atoms with van der Waals surface area (Å²) in [6.07, 6.45) is 0. The van der Waals surface area contributed by atoms with Gasteiger partial charge in [-0.05, 0) is 60.7 Å². The van der Waals surface area contributed by atoms with Crippen molar-refractivity contribution in [3.63, 3.8) is 0 Å². The molecule has 0 fully saturated rings. The lowest BCUT2D eigenvalue weighted by Crippen LogP contribution is -2.22. The second-order valence-electron chi connectivity index (χ2n) is 4.75. The van der Waals surface area contributed by atoms with Crippen LogP contribution in [0.15, 0.2) is 58.5 Å². The first-order valence-corrected chi connectivity index (χ1v) is 7.30. The van der Waals surface area contributed by atoms with Gasteiger partial charge < -0.3 is 33.6 Å². The van der Waals surface area contributed by atoms with E-state index in [1.54, 1.807) is 24.3 Å². The van der Waals surface area contributed by atoms with Gasteiger partial charge in [0.1, 0.15) is 0 Å². The number of hydrogen-bond acceptors (Lipinski definition) is 3. The van der Waals surface area contributed by atoms with E-state index in [2.05, 4.69) is 20.6 Å². The molecule has 0 bridgehead atoms. The molecule has 2 rings (SSSR count). The van der Waals surface area contributed by atoms with Gasteiger partial charge in [-0.2, -0.15) is 0 Å². The third-order valence-corrected chi connectivity index (χ3v) is 2.97. The maximum absolute atomic E-state index is 5.33. The van der Waals surface area contributed by atoms with E-state index in [-0.39, 0.29) is 24.3 Å². The maximum atomic E-state index is 5.33. The first-order chi connectivity index (χ1) is 11.4. The molecule has 8 nitrogen and oxygen atoms in total. The molecule has 0 aliphatic heterocycles. The summed E-state index contributed by atoms with van der Waals surface area (Å²) in [6, 6.07) is 14.4. The van der Waals surface area contributed by atoms with E-state index in [9.17, 15) is 0 Å². The number of halogens is 1. The highest BCUT2D eigenvalue weighted by molar-refractivity contribution is 7.80. The molecule has 0 aliphatic rings. The van der Waals surface area contributed by atoms with Gasteiger partial charge in [0.2, 0.25) is 0 Å². The normalized spacial score (nSPS) is 9.28. The van der Waals surface area contributed by atoms with Crippen LogP contribution < -0.4 is 33.6 Å². The van der Waals surface area contributed by atoms with Gasteiger partial charge in [-0.3, -0.25) is 0 Å². The third-order valence-electron chi connectivity index (χ3n) is 2.77. The molecule has 10 N–H and O–H groups in total. The molecule has 0 amide bonds. The molecule has 0 saturated heterocycles. The molecule has 25 heavy (non-hydrogen) atoms. The number of thiocarbonyl (C=S) groups is 1. The molecule has 0 radical (unpaired) electrons. The summed E-state index contributed by atoms with van der Waals surface area (Å²) in [5.74, 6) is 0.0224. The van der Waals surface area contributed by atoms with Crippen LogP contribution in [0, 0.1) is 0 Å². The zero-order valence-electron chi connectivity index (χ0n) is 13.1. The van der Waals surface area contributed by atoms with E-state index < -0.39 is 0 Å². The van der Waals surface area contributed by atoms with Crippen molar-refractivity contribution in [2.75, 3.05) is 10.6 Å². The Labute approximate surface area is 156 Å². The van der Waals surface area contributed by atoms with Crippen LogP contribution in [0.2, 0.25) is 0 Å². The number of aliphatic imine (C=N–C) groups is 2. The highest BCUT2D eigenvalue weighted by Crippen LogP contribution is 2.18. The monoisotopic (exact) mass is 378 g/mol. The molecule has 0 heterocycles. The predicted octanol–water partition coefficient (Wildman–Crippen LogP) is 1.73. The second kappa shape index (κ2) is 9.30. The second-order valence-corrected chi connectivity index (χ2v) is 5.15. The van der Waals surface area contributed by atoms with Crippen LogP contribution in [-0.4, -0.2) is 17.0 Å². The van der Waals surface area contributed by atoms with Gasteiger partial charge in [0.25, 0.3) is 0 Å². The SMILES string of the molecule is Cl.NC(N)=Nc1ccc(NC(=S)Nc2ccc(N=C(N)N)cc2)cc1. The number of anilines is 2. The summed E-state index contributed by atoms with van der Waals surface area (Å²) in [6.45, 7) is 0. The maximum Gasteiger partial charge on any atom is 0.191 e. The minimum absolute atomic E-state index is 0. The van der Waals surface area contributed by atoms with Crippen LogP contribution in [0.25, 0.3) is 0 Å². The van der Waals surface area contributed by atoms with E-state index in [1.807, 2.05) is 24.3 Å². The standard InChI is InChI=1S/C15H18N8S.ClH/c16-13(17)20-9-1-5-11(6-2-9)22-15(24)23-12-7-3-10(4-8-12)21-14(18)19;/h1-8H,(H4,16,17,20)(H4,18,19,21)(H2,22,23,24);1H. The van der Waals surface area contributed by atoms with Crippen molar-refractivity contribution in [1.29, 1.82) is 0 Å². The minimum Gasteiger partial charge on any atom is -0.370 e. The largest absolute Gasteiger partial charge is 0.370 e. The zero-order valence-corrected chi connectivity index (χ0v) is 14.8. The Kier molecular flexibility index (Phi) is 7.44. The number of nitrogens with zero attached hydrogens (tertiary/aromatic N) is 2. The number of benzene rings is 2. The first-order valence-electron chi connectivity index (χ1n) is 6.90. The van der Waals surface area contributed by atoms with Gasteiger partial charge in [0.15, 0.2) is 17.0 Å². The summed E-state index contributed by atoms with van der Waals surface area (Å²) >= 11 is 5.27. The summed E-state index contributed by atoms with van der Waals surface area (Å²) in [5.41, 5.74) is 24.2. The Bertz CT molecular complexity index is 698. The fourth-order valence-corrected chi connectivity index (χ4v) is 2.07. The number of nitrogens with two attached hydrogens (primary N) is 4. The van der Waals surface area contributed by atoms with Crippen LogP contribution >= 0.6 is 24.6 Å². The highest BCUT2D eigenvalue weighted by Gasteiger charge is 2.00. The molecule has 0 spiro atoms. The molecule has 10 heteroatoms. The van der Waals surface area contributed by atoms with Crippen molar-refractivity contribution in [2.45, 2.75) is 0 Å². The summed E-state index contributed by atoms with van der Waals surface area (Å²) in [5, 5.41) is 6.56. The van der Waals surface area contributed by atoms with Crippen molar-refractivity contribution >= 4 is 64.4 Å². The van der Waals surface area contributed by atoms with E-state index in [1.165, 1.54) is 0 Å². The van der Waals surface area contributed by atoms with E-state index in [0.29, 0.717) is 16.5 Å². The van der Waals surface area contributed by atoms with Crippen molar-refractivity contribution in [1.82, 2.24) is 0 Å². The molecule has 0 saturated carbocycles. The fraction of sp³-hybridized carbons (Fsp3) is 0. The summed E-state index contributed by atoms with van der Waals surface area (Å²) in [7, 11) is 0. The number of guanidine groups is 2. The average Bonchev–Trinajstić information content (AvgIpc) is 2.50. The van der Waals surface area contributed by atoms with Crippen LogP contribution in [0.1, 0.15) is 0 Å². The van der Waals surface area contributed by atoms with Crippen molar-refractivity contribution in [3.05, 3.63) is 48.5 Å². The summed E-state index contributed by atoms with van der Waals surface area (Å²) < 4.78 is 0. The van der Waals surface area contributed by atoms with Crippen molar-refractivity contribution in [2.24, 2.45) is 32.9 Å². The van der Waals surface area contributed by atoms with Gasteiger partial charge in [-0.25, -0.2) is 9.98 Å². The lowest BCUT2D eigenvalue weighted by molar-refractivity contribution is 1.42. The number of rotatable bonds is 4. The van der Waals surface area contributed by atoms with Gasteiger partial charge in [0, 0.05) is 11.4 Å². The van der Waals surface area contributed by atoms with E-state index >= 15 is 0 Å². The number of hydrogen-bond donors (Lipinski definition) is 6. The molecule has 2 aromatic carbocycles. The lowest BCUT2D eigenvalue weighted by Gasteiger charge is -2.11. The van der Waals surface area contributed by atoms with Crippen LogP contribution in [0.5, 0.6) is 0 Å². The lowest BCUT2D eigenvalue weighted by atomic mass is 10.3. The molecule has 0 aromatic heterocycles. The molecule has 2 aromatic rings. The smallest absolute Gasteiger partial charge is 0.191 e. The van der Waals surface area contributed by atoms with Gasteiger partial charge >= 0.3 is 0 Å². The van der Waals surface area contributed by atoms with Gasteiger partial charge in [-0.15, -0.1) is 12.4 Å². The molecule has 0 atom stereocenters. The van der Waals surface area contributed by atoms with E-state index in [4.69, 9.17) is 35.2 Å². The zero-order chi connectivity index (χ0) is 17.5. The first kappa shape index (κ1) is 20.0. The minimum atomic E-state index is 0. The fourth-order valence-electron chi connectivity index (χ4n) is 1.83. The Morgan fingerprint density at radius 1 is 0.680 bits per heavy atom. The van der Waals surface area contributed by atoms with Crippen LogP contribution in [-0.2, 0) is 0 Å². The molecular weight excluding hydrogens is 360 g/mol. The Morgan fingerprint density at radius 3 is 1.28 bits per heavy atom. The molecule has 0 unspecified atom stereocenters. The van der Waals surface area contributed by atoms with Gasteiger partial charge in [0.05, 0.1) is 11.4 Å². The Hall–Kier alpha value is -3.04. The Morgan fingerprint density at radius 2 is 1.00 bits per heavy atom. The van der Waals surface area contributed by atoms with Crippen LogP contribution in [0.3, 0.4) is 0 Å². The van der Waals surface area contributed by atoms with Gasteiger partial charge in [-0.1, -0.05) is 0 Å². The average molecular weight is 379 g/mol. The van der Waals surface area contributed by atoms with Crippen molar-refractivity contribution in [3.8, 4) is 0 Å². The third kappa shape index (κ3) is 6.94. The number of nitrogens with one attached hydrogen (secondary N) is 2. The molecule has 132 valence electrons. The molecular formula is C15H19ClN8S. The Balaban J connectivity index is 0.00000312. The highest BCUT2D eigenvalue weighted by atomic mass is 35.5. The topological polar surface area (TPSA) is 153 Å². The van der Waals surface area contributed by atoms with Crippen molar-refractivity contribution < 1.29 is 0 Å². The van der Waals surface area contributed by atoms with E-state index in [0.717, 1.165) is 11.4 Å². The quantitative estimate of drug-likeness (QED) is 0.269. The molecule has 0 aliphatic carbocycles.